The fraction of sp³-hybridized carbons (Fsp3) is 0.455. The lowest BCUT2D eigenvalue weighted by molar-refractivity contribution is 0.349. The Labute approximate surface area is 84.0 Å². The van der Waals surface area contributed by atoms with E-state index >= 15 is 0 Å². The SMILES string of the molecule is COc1ccc([C@@H]2CCN2)c(OC)c1. The predicted octanol–water partition coefficient (Wildman–Crippen LogP) is 1.74. The maximum absolute atomic E-state index is 5.32. The molecule has 1 heterocycles. The summed E-state index contributed by atoms with van der Waals surface area (Å²) in [7, 11) is 3.35. The Morgan fingerprint density at radius 1 is 1.29 bits per heavy atom. The van der Waals surface area contributed by atoms with Gasteiger partial charge in [0.2, 0.25) is 0 Å². The van der Waals surface area contributed by atoms with Gasteiger partial charge in [-0.3, -0.25) is 0 Å². The van der Waals surface area contributed by atoms with Crippen molar-refractivity contribution in [2.75, 3.05) is 20.8 Å². The molecule has 3 nitrogen and oxygen atoms in total. The lowest BCUT2D eigenvalue weighted by Gasteiger charge is -2.29. The molecule has 1 aliphatic rings. The number of ether oxygens (including phenoxy) is 2. The normalized spacial score (nSPS) is 20.0. The molecule has 0 radical (unpaired) electrons. The minimum atomic E-state index is 0.454. The zero-order chi connectivity index (χ0) is 9.97. The van der Waals surface area contributed by atoms with Crippen LogP contribution in [0.2, 0.25) is 0 Å². The van der Waals surface area contributed by atoms with Crippen molar-refractivity contribution < 1.29 is 9.47 Å². The highest BCUT2D eigenvalue weighted by Gasteiger charge is 2.21. The van der Waals surface area contributed by atoms with Gasteiger partial charge in [-0.05, 0) is 19.0 Å². The summed E-state index contributed by atoms with van der Waals surface area (Å²) in [4.78, 5) is 0. The topological polar surface area (TPSA) is 30.5 Å². The zero-order valence-corrected chi connectivity index (χ0v) is 8.54. The van der Waals surface area contributed by atoms with Gasteiger partial charge in [-0.2, -0.15) is 0 Å². The maximum Gasteiger partial charge on any atom is 0.127 e. The smallest absolute Gasteiger partial charge is 0.127 e. The molecule has 1 fully saturated rings. The molecule has 0 aliphatic carbocycles. The number of rotatable bonds is 3. The summed E-state index contributed by atoms with van der Waals surface area (Å²) in [6, 6.07) is 6.41. The van der Waals surface area contributed by atoms with Crippen LogP contribution < -0.4 is 14.8 Å². The van der Waals surface area contributed by atoms with Crippen LogP contribution in [0.1, 0.15) is 18.0 Å². The first-order chi connectivity index (χ1) is 6.85. The molecule has 1 aromatic rings. The molecule has 1 atom stereocenters. The second kappa shape index (κ2) is 3.88. The Bertz CT molecular complexity index is 321. The Morgan fingerprint density at radius 2 is 2.07 bits per heavy atom. The monoisotopic (exact) mass is 193 g/mol. The molecule has 0 unspecified atom stereocenters. The molecule has 0 spiro atoms. The van der Waals surface area contributed by atoms with Gasteiger partial charge >= 0.3 is 0 Å². The van der Waals surface area contributed by atoms with Gasteiger partial charge in [0.25, 0.3) is 0 Å². The molecule has 0 bridgehead atoms. The van der Waals surface area contributed by atoms with Crippen LogP contribution in [0, 0.1) is 0 Å². The van der Waals surface area contributed by atoms with E-state index in [4.69, 9.17) is 9.47 Å². The first-order valence-electron chi connectivity index (χ1n) is 4.80. The molecule has 3 heteroatoms. The van der Waals surface area contributed by atoms with Crippen LogP contribution in [0.3, 0.4) is 0 Å². The van der Waals surface area contributed by atoms with Crippen molar-refractivity contribution in [2.24, 2.45) is 0 Å². The predicted molar refractivity (Wildman–Crippen MR) is 54.9 cm³/mol. The minimum absolute atomic E-state index is 0.454. The van der Waals surface area contributed by atoms with E-state index in [1.54, 1.807) is 14.2 Å². The highest BCUT2D eigenvalue weighted by atomic mass is 16.5. The van der Waals surface area contributed by atoms with Crippen molar-refractivity contribution in [3.05, 3.63) is 23.8 Å². The third-order valence-electron chi connectivity index (χ3n) is 2.64. The standard InChI is InChI=1S/C11H15NO2/c1-13-8-3-4-9(10-5-6-12-10)11(7-8)14-2/h3-4,7,10,12H,5-6H2,1-2H3/t10-/m0/s1. The lowest BCUT2D eigenvalue weighted by atomic mass is 9.97. The van der Waals surface area contributed by atoms with Gasteiger partial charge in [-0.25, -0.2) is 0 Å². The summed E-state index contributed by atoms with van der Waals surface area (Å²) in [6.45, 7) is 1.10. The molecular weight excluding hydrogens is 178 g/mol. The Balaban J connectivity index is 2.29. The van der Waals surface area contributed by atoms with Gasteiger partial charge in [0.15, 0.2) is 0 Å². The summed E-state index contributed by atoms with van der Waals surface area (Å²) in [6.07, 6.45) is 1.18. The molecule has 1 aliphatic heterocycles. The number of methoxy groups -OCH3 is 2. The van der Waals surface area contributed by atoms with E-state index in [2.05, 4.69) is 11.4 Å². The Morgan fingerprint density at radius 3 is 2.57 bits per heavy atom. The summed E-state index contributed by atoms with van der Waals surface area (Å²) >= 11 is 0. The van der Waals surface area contributed by atoms with Gasteiger partial charge in [0.05, 0.1) is 14.2 Å². The summed E-state index contributed by atoms with van der Waals surface area (Å²) in [5.74, 6) is 1.74. The molecule has 76 valence electrons. The fourth-order valence-electron chi connectivity index (χ4n) is 1.66. The molecule has 2 rings (SSSR count). The average Bonchev–Trinajstić information content (AvgIpc) is 2.16. The molecule has 14 heavy (non-hydrogen) atoms. The minimum Gasteiger partial charge on any atom is -0.497 e. The van der Waals surface area contributed by atoms with E-state index in [-0.39, 0.29) is 0 Å². The highest BCUT2D eigenvalue weighted by molar-refractivity contribution is 5.43. The van der Waals surface area contributed by atoms with Crippen molar-refractivity contribution in [2.45, 2.75) is 12.5 Å². The van der Waals surface area contributed by atoms with Crippen molar-refractivity contribution in [1.29, 1.82) is 0 Å². The van der Waals surface area contributed by atoms with Crippen LogP contribution in [-0.4, -0.2) is 20.8 Å². The van der Waals surface area contributed by atoms with Crippen LogP contribution in [0.15, 0.2) is 18.2 Å². The molecule has 1 aromatic carbocycles. The number of benzene rings is 1. The molecule has 0 aromatic heterocycles. The largest absolute Gasteiger partial charge is 0.497 e. The van der Waals surface area contributed by atoms with Crippen molar-refractivity contribution in [1.82, 2.24) is 5.32 Å². The zero-order valence-electron chi connectivity index (χ0n) is 8.54. The van der Waals surface area contributed by atoms with Crippen molar-refractivity contribution >= 4 is 0 Å². The van der Waals surface area contributed by atoms with E-state index in [0.29, 0.717) is 6.04 Å². The first kappa shape index (κ1) is 9.34. The second-order valence-electron chi connectivity index (χ2n) is 3.40. The maximum atomic E-state index is 5.32. The summed E-state index contributed by atoms with van der Waals surface area (Å²) < 4.78 is 10.5. The van der Waals surface area contributed by atoms with Crippen LogP contribution in [-0.2, 0) is 0 Å². The van der Waals surface area contributed by atoms with Crippen LogP contribution in [0.5, 0.6) is 11.5 Å². The highest BCUT2D eigenvalue weighted by Crippen LogP contribution is 2.33. The molecule has 1 N–H and O–H groups in total. The summed E-state index contributed by atoms with van der Waals surface area (Å²) in [5, 5.41) is 3.35. The van der Waals surface area contributed by atoms with E-state index in [0.717, 1.165) is 18.0 Å². The Hall–Kier alpha value is -1.22. The van der Waals surface area contributed by atoms with E-state index in [1.165, 1.54) is 12.0 Å². The molecule has 1 saturated heterocycles. The number of nitrogens with one attached hydrogen (secondary N) is 1. The van der Waals surface area contributed by atoms with E-state index in [1.807, 2.05) is 12.1 Å². The van der Waals surface area contributed by atoms with Crippen LogP contribution >= 0.6 is 0 Å². The van der Waals surface area contributed by atoms with Crippen molar-refractivity contribution in [3.8, 4) is 11.5 Å². The van der Waals surface area contributed by atoms with Crippen LogP contribution in [0.4, 0.5) is 0 Å². The van der Waals surface area contributed by atoms with Gasteiger partial charge < -0.3 is 14.8 Å². The van der Waals surface area contributed by atoms with Gasteiger partial charge in [-0.1, -0.05) is 6.07 Å². The first-order valence-corrected chi connectivity index (χ1v) is 4.80. The van der Waals surface area contributed by atoms with E-state index in [9.17, 15) is 0 Å². The van der Waals surface area contributed by atoms with Gasteiger partial charge in [0, 0.05) is 17.7 Å². The number of hydrogen-bond donors (Lipinski definition) is 1. The second-order valence-corrected chi connectivity index (χ2v) is 3.40. The van der Waals surface area contributed by atoms with Crippen LogP contribution in [0.25, 0.3) is 0 Å². The van der Waals surface area contributed by atoms with Gasteiger partial charge in [0.1, 0.15) is 11.5 Å². The summed E-state index contributed by atoms with van der Waals surface area (Å²) in [5.41, 5.74) is 1.22. The van der Waals surface area contributed by atoms with Gasteiger partial charge in [-0.15, -0.1) is 0 Å². The molecular formula is C11H15NO2. The quantitative estimate of drug-likeness (QED) is 0.793. The Kier molecular flexibility index (Phi) is 2.59. The van der Waals surface area contributed by atoms with Crippen molar-refractivity contribution in [3.63, 3.8) is 0 Å². The third kappa shape index (κ3) is 1.55. The molecule has 0 saturated carbocycles. The van der Waals surface area contributed by atoms with E-state index < -0.39 is 0 Å². The fourth-order valence-corrected chi connectivity index (χ4v) is 1.66. The third-order valence-corrected chi connectivity index (χ3v) is 2.64. The average molecular weight is 193 g/mol. The number of hydrogen-bond acceptors (Lipinski definition) is 3. The lowest BCUT2D eigenvalue weighted by Crippen LogP contribution is -2.35. The molecule has 0 amide bonds.